The topological polar surface area (TPSA) is 66.5 Å². The molecule has 3 heterocycles. The second-order valence-corrected chi connectivity index (χ2v) is 10.9. The van der Waals surface area contributed by atoms with Gasteiger partial charge in [0.2, 0.25) is 5.91 Å². The molecule has 1 amide bonds. The van der Waals surface area contributed by atoms with Gasteiger partial charge in [0, 0.05) is 22.9 Å². The van der Waals surface area contributed by atoms with Gasteiger partial charge in [-0.05, 0) is 28.8 Å². The molecule has 36 heavy (non-hydrogen) atoms. The lowest BCUT2D eigenvalue weighted by Crippen LogP contribution is -2.50. The van der Waals surface area contributed by atoms with Crippen LogP contribution in [0.1, 0.15) is 53.9 Å². The number of amides is 1. The first-order valence-electron chi connectivity index (χ1n) is 12.4. The lowest BCUT2D eigenvalue weighted by Gasteiger charge is -2.38. The fraction of sp³-hybridized carbons (Fsp3) is 0.258. The average Bonchev–Trinajstić information content (AvgIpc) is 3.35. The van der Waals surface area contributed by atoms with E-state index in [0.29, 0.717) is 11.3 Å². The van der Waals surface area contributed by atoms with E-state index in [4.69, 9.17) is 0 Å². The maximum atomic E-state index is 14.5. The first-order chi connectivity index (χ1) is 17.3. The van der Waals surface area contributed by atoms with E-state index in [0.717, 1.165) is 16.7 Å². The van der Waals surface area contributed by atoms with E-state index in [1.54, 1.807) is 12.1 Å². The fourth-order valence-electron chi connectivity index (χ4n) is 6.39. The van der Waals surface area contributed by atoms with Gasteiger partial charge in [0.1, 0.15) is 5.41 Å². The van der Waals surface area contributed by atoms with Gasteiger partial charge >= 0.3 is 0 Å². The molecular formula is C31H28N2O3. The molecule has 3 aliphatic rings. The van der Waals surface area contributed by atoms with Gasteiger partial charge in [-0.3, -0.25) is 14.4 Å². The lowest BCUT2D eigenvalue weighted by molar-refractivity contribution is -0.131. The van der Waals surface area contributed by atoms with Gasteiger partial charge in [-0.1, -0.05) is 93.6 Å². The van der Waals surface area contributed by atoms with Gasteiger partial charge in [0.15, 0.2) is 11.6 Å². The van der Waals surface area contributed by atoms with Crippen LogP contribution in [0.4, 0.5) is 5.69 Å². The summed E-state index contributed by atoms with van der Waals surface area (Å²) in [6.07, 6.45) is 3.89. The number of benzene rings is 3. The zero-order valence-electron chi connectivity index (χ0n) is 20.6. The molecule has 6 rings (SSSR count). The van der Waals surface area contributed by atoms with Crippen molar-refractivity contribution in [1.29, 1.82) is 0 Å². The van der Waals surface area contributed by atoms with E-state index in [1.807, 2.05) is 105 Å². The molecule has 4 atom stereocenters. The number of ketones is 2. The highest BCUT2D eigenvalue weighted by Gasteiger charge is 2.71. The lowest BCUT2D eigenvalue weighted by atomic mass is 9.62. The monoisotopic (exact) mass is 476 g/mol. The number of rotatable bonds is 3. The molecule has 1 saturated heterocycles. The zero-order chi connectivity index (χ0) is 25.2. The minimum atomic E-state index is -1.27. The molecule has 5 nitrogen and oxygen atoms in total. The summed E-state index contributed by atoms with van der Waals surface area (Å²) in [4.78, 5) is 44.9. The van der Waals surface area contributed by atoms with Crippen LogP contribution in [0.3, 0.4) is 0 Å². The number of nitrogens with zero attached hydrogens (tertiary/aromatic N) is 1. The molecule has 1 N–H and O–H groups in total. The molecule has 0 aromatic heterocycles. The van der Waals surface area contributed by atoms with Gasteiger partial charge in [-0.15, -0.1) is 0 Å². The molecule has 0 bridgehead atoms. The summed E-state index contributed by atoms with van der Waals surface area (Å²) in [5.74, 6) is -1.39. The molecule has 3 aliphatic heterocycles. The molecule has 5 heteroatoms. The third-order valence-electron chi connectivity index (χ3n) is 7.92. The van der Waals surface area contributed by atoms with Crippen molar-refractivity contribution >= 4 is 29.2 Å². The van der Waals surface area contributed by atoms with Crippen molar-refractivity contribution in [2.24, 2.45) is 11.3 Å². The highest BCUT2D eigenvalue weighted by Crippen LogP contribution is 2.62. The highest BCUT2D eigenvalue weighted by molar-refractivity contribution is 6.15. The van der Waals surface area contributed by atoms with Gasteiger partial charge in [0.05, 0.1) is 18.0 Å². The Kier molecular flexibility index (Phi) is 4.84. The third kappa shape index (κ3) is 2.92. The van der Waals surface area contributed by atoms with E-state index < -0.39 is 28.8 Å². The van der Waals surface area contributed by atoms with E-state index >= 15 is 0 Å². The predicted molar refractivity (Wildman–Crippen MR) is 139 cm³/mol. The zero-order valence-corrected chi connectivity index (χ0v) is 20.6. The van der Waals surface area contributed by atoms with Crippen molar-refractivity contribution in [3.05, 3.63) is 107 Å². The molecule has 0 radical (unpaired) electrons. The Morgan fingerprint density at radius 2 is 1.56 bits per heavy atom. The SMILES string of the molecule is CC(C)(C)C(=O)[C@H]1[C@H](C(=O)c2ccccc2)[C@]2(C(=O)Nc3ccccc32)[C@H]2c3ccccc3C=CN12. The normalized spacial score (nSPS) is 25.8. The minimum absolute atomic E-state index is 0.0557. The summed E-state index contributed by atoms with van der Waals surface area (Å²) in [7, 11) is 0. The summed E-state index contributed by atoms with van der Waals surface area (Å²) in [5, 5.41) is 3.08. The van der Waals surface area contributed by atoms with Crippen molar-refractivity contribution in [2.45, 2.75) is 38.3 Å². The van der Waals surface area contributed by atoms with Crippen molar-refractivity contribution in [1.82, 2.24) is 4.90 Å². The van der Waals surface area contributed by atoms with E-state index in [2.05, 4.69) is 5.32 Å². The van der Waals surface area contributed by atoms with Crippen molar-refractivity contribution in [2.75, 3.05) is 5.32 Å². The Balaban J connectivity index is 1.70. The van der Waals surface area contributed by atoms with Crippen molar-refractivity contribution in [3.8, 4) is 0 Å². The number of anilines is 1. The molecule has 3 aromatic rings. The molecule has 1 fully saturated rings. The number of carbonyl (C=O) groups is 3. The van der Waals surface area contributed by atoms with Gasteiger partial charge in [0.25, 0.3) is 0 Å². The Hall–Kier alpha value is -3.99. The minimum Gasteiger partial charge on any atom is -0.358 e. The molecular weight excluding hydrogens is 448 g/mol. The molecule has 0 unspecified atom stereocenters. The summed E-state index contributed by atoms with van der Waals surface area (Å²) in [6.45, 7) is 5.64. The number of fused-ring (bicyclic) bond motifs is 6. The van der Waals surface area contributed by atoms with Gasteiger partial charge in [-0.25, -0.2) is 0 Å². The highest BCUT2D eigenvalue weighted by atomic mass is 16.2. The van der Waals surface area contributed by atoms with Crippen LogP contribution in [-0.2, 0) is 15.0 Å². The predicted octanol–water partition coefficient (Wildman–Crippen LogP) is 5.40. The van der Waals surface area contributed by atoms with E-state index in [9.17, 15) is 14.4 Å². The number of hydrogen-bond acceptors (Lipinski definition) is 4. The summed E-state index contributed by atoms with van der Waals surface area (Å²) < 4.78 is 0. The number of Topliss-reactive ketones (excluding diaryl/α,β-unsaturated/α-hetero) is 2. The Morgan fingerprint density at radius 1 is 0.889 bits per heavy atom. The average molecular weight is 477 g/mol. The second-order valence-electron chi connectivity index (χ2n) is 10.9. The maximum absolute atomic E-state index is 14.5. The van der Waals surface area contributed by atoms with Crippen LogP contribution in [0, 0.1) is 11.3 Å². The number of nitrogens with one attached hydrogen (secondary N) is 1. The largest absolute Gasteiger partial charge is 0.358 e. The number of para-hydroxylation sites is 1. The van der Waals surface area contributed by atoms with Gasteiger partial charge in [-0.2, -0.15) is 0 Å². The number of carbonyl (C=O) groups excluding carboxylic acids is 3. The first-order valence-corrected chi connectivity index (χ1v) is 12.4. The van der Waals surface area contributed by atoms with Crippen molar-refractivity contribution < 1.29 is 14.4 Å². The van der Waals surface area contributed by atoms with E-state index in [-0.39, 0.29) is 17.5 Å². The smallest absolute Gasteiger partial charge is 0.238 e. The van der Waals surface area contributed by atoms with Crippen LogP contribution in [-0.4, -0.2) is 28.4 Å². The molecule has 3 aromatic carbocycles. The fourth-order valence-corrected chi connectivity index (χ4v) is 6.39. The van der Waals surface area contributed by atoms with Crippen LogP contribution in [0.5, 0.6) is 0 Å². The van der Waals surface area contributed by atoms with Crippen LogP contribution >= 0.6 is 0 Å². The second kappa shape index (κ2) is 7.76. The Morgan fingerprint density at radius 3 is 2.31 bits per heavy atom. The molecule has 180 valence electrons. The summed E-state index contributed by atoms with van der Waals surface area (Å²) in [5.41, 5.74) is 1.93. The summed E-state index contributed by atoms with van der Waals surface area (Å²) in [6, 6.07) is 23.3. The first kappa shape index (κ1) is 22.5. The Bertz CT molecular complexity index is 1440. The standard InChI is InChI=1S/C31H28N2O3/c1-30(2,3)28(35)25-24(26(34)20-12-5-4-6-13-20)31(22-15-9-10-16-23(22)32-29(31)36)27-21-14-8-7-11-19(21)17-18-33(25)27/h4-18,24-25,27H,1-3H3,(H,32,36)/t24-,25-,27-,31+/m1/s1. The number of hydrogen-bond donors (Lipinski definition) is 1. The molecule has 0 aliphatic carbocycles. The van der Waals surface area contributed by atoms with Crippen LogP contribution in [0.25, 0.3) is 6.08 Å². The quantitative estimate of drug-likeness (QED) is 0.514. The van der Waals surface area contributed by atoms with Crippen LogP contribution in [0.15, 0.2) is 85.1 Å². The van der Waals surface area contributed by atoms with Crippen molar-refractivity contribution in [3.63, 3.8) is 0 Å². The van der Waals surface area contributed by atoms with Crippen LogP contribution in [0.2, 0.25) is 0 Å². The third-order valence-corrected chi connectivity index (χ3v) is 7.92. The van der Waals surface area contributed by atoms with Gasteiger partial charge < -0.3 is 10.2 Å². The summed E-state index contributed by atoms with van der Waals surface area (Å²) >= 11 is 0. The molecule has 1 spiro atoms. The van der Waals surface area contributed by atoms with E-state index in [1.165, 1.54) is 0 Å². The van der Waals surface area contributed by atoms with Crippen LogP contribution < -0.4 is 5.32 Å². The molecule has 0 saturated carbocycles. The maximum Gasteiger partial charge on any atom is 0.238 e. The Labute approximate surface area is 210 Å².